The Morgan fingerprint density at radius 3 is 2.54 bits per heavy atom. The van der Waals surface area contributed by atoms with E-state index in [2.05, 4.69) is 12.2 Å². The van der Waals surface area contributed by atoms with Crippen molar-refractivity contribution < 1.29 is 14.4 Å². The molecular weight excluding hydrogens is 478 g/mol. The van der Waals surface area contributed by atoms with Crippen LogP contribution >= 0.6 is 24.0 Å². The number of amides is 3. The molecule has 1 fully saturated rings. The minimum Gasteiger partial charge on any atom is -0.324 e. The highest BCUT2D eigenvalue weighted by Gasteiger charge is 2.42. The van der Waals surface area contributed by atoms with E-state index in [1.807, 2.05) is 50.2 Å². The van der Waals surface area contributed by atoms with E-state index in [0.29, 0.717) is 32.6 Å². The Hall–Kier alpha value is -2.97. The lowest BCUT2D eigenvalue weighted by atomic mass is 10.1. The monoisotopic (exact) mass is 507 g/mol. The normalized spacial score (nSPS) is 17.4. The number of para-hydroxylation sites is 1. The summed E-state index contributed by atoms with van der Waals surface area (Å²) < 4.78 is 0.477. The standard InChI is InChI=1S/C27H29N3O3S2/c1-4-5-6-9-14-29-26(33)24(35-27(29)34)23-19-10-7-8-11-21(19)30(25(23)32)16-22(31)28-20-15-17(2)12-13-18(20)3/h7-8,10-13,15H,4-6,9,14,16H2,1-3H3,(H,28,31)/b24-23-. The lowest BCUT2D eigenvalue weighted by molar-refractivity contribution is -0.122. The summed E-state index contributed by atoms with van der Waals surface area (Å²) in [7, 11) is 0. The van der Waals surface area contributed by atoms with Gasteiger partial charge in [0.1, 0.15) is 10.9 Å². The van der Waals surface area contributed by atoms with Crippen molar-refractivity contribution in [1.29, 1.82) is 0 Å². The van der Waals surface area contributed by atoms with Gasteiger partial charge in [-0.15, -0.1) is 0 Å². The van der Waals surface area contributed by atoms with Gasteiger partial charge in [0.25, 0.3) is 11.8 Å². The fourth-order valence-electron chi connectivity index (χ4n) is 4.30. The molecule has 0 aliphatic carbocycles. The predicted octanol–water partition coefficient (Wildman–Crippen LogP) is 5.44. The Morgan fingerprint density at radius 1 is 1.00 bits per heavy atom. The van der Waals surface area contributed by atoms with Crippen molar-refractivity contribution in [2.24, 2.45) is 0 Å². The molecule has 0 spiro atoms. The number of fused-ring (bicyclic) bond motifs is 1. The molecule has 182 valence electrons. The second kappa shape index (κ2) is 10.7. The summed E-state index contributed by atoms with van der Waals surface area (Å²) in [5.41, 5.74) is 4.31. The Bertz CT molecular complexity index is 1240. The highest BCUT2D eigenvalue weighted by molar-refractivity contribution is 8.26. The zero-order valence-electron chi connectivity index (χ0n) is 20.2. The zero-order chi connectivity index (χ0) is 25.1. The van der Waals surface area contributed by atoms with Crippen LogP contribution in [0.2, 0.25) is 0 Å². The number of rotatable bonds is 8. The molecule has 1 N–H and O–H groups in total. The van der Waals surface area contributed by atoms with Crippen LogP contribution in [-0.4, -0.2) is 40.0 Å². The van der Waals surface area contributed by atoms with Gasteiger partial charge in [0.15, 0.2) is 0 Å². The van der Waals surface area contributed by atoms with Crippen LogP contribution in [0.1, 0.15) is 49.3 Å². The lowest BCUT2D eigenvalue weighted by Gasteiger charge is -2.17. The van der Waals surface area contributed by atoms with E-state index in [4.69, 9.17) is 12.2 Å². The van der Waals surface area contributed by atoms with Gasteiger partial charge in [0, 0.05) is 17.8 Å². The van der Waals surface area contributed by atoms with E-state index < -0.39 is 0 Å². The second-order valence-electron chi connectivity index (χ2n) is 8.86. The molecule has 0 unspecified atom stereocenters. The molecule has 0 aromatic heterocycles. The number of carbonyl (C=O) groups excluding carboxylic acids is 3. The second-order valence-corrected chi connectivity index (χ2v) is 10.5. The molecule has 2 aliphatic heterocycles. The number of thiocarbonyl (C=S) groups is 1. The van der Waals surface area contributed by atoms with E-state index in [1.54, 1.807) is 11.0 Å². The minimum absolute atomic E-state index is 0.149. The maximum absolute atomic E-state index is 13.6. The van der Waals surface area contributed by atoms with Crippen molar-refractivity contribution in [3.8, 4) is 0 Å². The summed E-state index contributed by atoms with van der Waals surface area (Å²) in [5, 5.41) is 2.92. The number of anilines is 2. The van der Waals surface area contributed by atoms with Gasteiger partial charge in [-0.1, -0.05) is 80.5 Å². The summed E-state index contributed by atoms with van der Waals surface area (Å²) in [4.78, 5) is 43.2. The molecule has 2 aromatic rings. The molecule has 2 aromatic carbocycles. The van der Waals surface area contributed by atoms with E-state index in [1.165, 1.54) is 16.7 Å². The fraction of sp³-hybridized carbons (Fsp3) is 0.333. The molecule has 4 rings (SSSR count). The van der Waals surface area contributed by atoms with E-state index >= 15 is 0 Å². The molecule has 0 atom stereocenters. The molecule has 0 bridgehead atoms. The van der Waals surface area contributed by atoms with E-state index in [-0.39, 0.29) is 24.3 Å². The molecule has 1 saturated heterocycles. The molecule has 35 heavy (non-hydrogen) atoms. The van der Waals surface area contributed by atoms with Crippen molar-refractivity contribution in [1.82, 2.24) is 4.90 Å². The van der Waals surface area contributed by atoms with Crippen LogP contribution in [0.5, 0.6) is 0 Å². The van der Waals surface area contributed by atoms with Gasteiger partial charge < -0.3 is 5.32 Å². The van der Waals surface area contributed by atoms with Gasteiger partial charge in [0.2, 0.25) is 5.91 Å². The van der Waals surface area contributed by atoms with Crippen molar-refractivity contribution in [3.05, 3.63) is 64.1 Å². The highest BCUT2D eigenvalue weighted by Crippen LogP contribution is 2.44. The maximum Gasteiger partial charge on any atom is 0.267 e. The molecule has 0 radical (unpaired) electrons. The summed E-state index contributed by atoms with van der Waals surface area (Å²) >= 11 is 6.66. The number of nitrogens with zero attached hydrogens (tertiary/aromatic N) is 2. The first-order valence-electron chi connectivity index (χ1n) is 11.9. The molecule has 2 aliphatic rings. The number of nitrogens with one attached hydrogen (secondary N) is 1. The van der Waals surface area contributed by atoms with Crippen LogP contribution in [0, 0.1) is 13.8 Å². The largest absolute Gasteiger partial charge is 0.324 e. The maximum atomic E-state index is 13.6. The average Bonchev–Trinajstić information content (AvgIpc) is 3.26. The molecule has 2 heterocycles. The van der Waals surface area contributed by atoms with Crippen LogP contribution in [0.4, 0.5) is 11.4 Å². The fourth-order valence-corrected chi connectivity index (χ4v) is 5.68. The van der Waals surface area contributed by atoms with Crippen LogP contribution in [0.25, 0.3) is 5.57 Å². The smallest absolute Gasteiger partial charge is 0.267 e. The third-order valence-electron chi connectivity index (χ3n) is 6.20. The Labute approximate surface area is 215 Å². The summed E-state index contributed by atoms with van der Waals surface area (Å²) in [6, 6.07) is 13.1. The number of hydrogen-bond donors (Lipinski definition) is 1. The molecule has 0 saturated carbocycles. The molecule has 8 heteroatoms. The van der Waals surface area contributed by atoms with Gasteiger partial charge in [-0.25, -0.2) is 0 Å². The quantitative estimate of drug-likeness (QED) is 0.293. The van der Waals surface area contributed by atoms with Crippen molar-refractivity contribution >= 4 is 63.0 Å². The van der Waals surface area contributed by atoms with Crippen molar-refractivity contribution in [3.63, 3.8) is 0 Å². The first-order chi connectivity index (χ1) is 16.8. The summed E-state index contributed by atoms with van der Waals surface area (Å²) in [6.45, 7) is 6.43. The zero-order valence-corrected chi connectivity index (χ0v) is 21.9. The van der Waals surface area contributed by atoms with Gasteiger partial charge in [-0.2, -0.15) is 0 Å². The first kappa shape index (κ1) is 25.1. The third kappa shape index (κ3) is 5.18. The summed E-state index contributed by atoms with van der Waals surface area (Å²) in [6.07, 6.45) is 4.13. The van der Waals surface area contributed by atoms with Gasteiger partial charge >= 0.3 is 0 Å². The van der Waals surface area contributed by atoms with Crippen molar-refractivity contribution in [2.75, 3.05) is 23.3 Å². The van der Waals surface area contributed by atoms with Crippen LogP contribution in [0.15, 0.2) is 47.4 Å². The molecule has 6 nitrogen and oxygen atoms in total. The van der Waals surface area contributed by atoms with Gasteiger partial charge in [-0.05, 0) is 43.5 Å². The Morgan fingerprint density at radius 2 is 1.77 bits per heavy atom. The Balaban J connectivity index is 1.58. The first-order valence-corrected chi connectivity index (χ1v) is 13.1. The number of benzene rings is 2. The summed E-state index contributed by atoms with van der Waals surface area (Å²) in [5.74, 6) is -0.878. The average molecular weight is 508 g/mol. The number of thioether (sulfide) groups is 1. The van der Waals surface area contributed by atoms with Crippen LogP contribution in [0.3, 0.4) is 0 Å². The predicted molar refractivity (Wildman–Crippen MR) is 146 cm³/mol. The number of unbranched alkanes of at least 4 members (excludes halogenated alkanes) is 3. The van der Waals surface area contributed by atoms with Gasteiger partial charge in [0.05, 0.1) is 16.2 Å². The van der Waals surface area contributed by atoms with Gasteiger partial charge in [-0.3, -0.25) is 24.2 Å². The molecule has 3 amide bonds. The third-order valence-corrected chi connectivity index (χ3v) is 7.65. The topological polar surface area (TPSA) is 69.7 Å². The minimum atomic E-state index is -0.353. The SMILES string of the molecule is CCCCCCN1C(=O)/C(=C2/C(=O)N(CC(=O)Nc3cc(C)ccc3C)c3ccccc32)SC1=S. The number of aryl methyl sites for hydroxylation is 2. The van der Waals surface area contributed by atoms with Crippen LogP contribution in [-0.2, 0) is 14.4 Å². The van der Waals surface area contributed by atoms with E-state index in [0.717, 1.165) is 42.5 Å². The highest BCUT2D eigenvalue weighted by atomic mass is 32.2. The number of carbonyl (C=O) groups is 3. The van der Waals surface area contributed by atoms with Crippen LogP contribution < -0.4 is 10.2 Å². The van der Waals surface area contributed by atoms with Crippen molar-refractivity contribution in [2.45, 2.75) is 46.5 Å². The number of hydrogen-bond acceptors (Lipinski definition) is 5. The molecular formula is C27H29N3O3S2. The Kier molecular flexibility index (Phi) is 7.72. The lowest BCUT2D eigenvalue weighted by Crippen LogP contribution is -2.35. The van der Waals surface area contributed by atoms with E-state index in [9.17, 15) is 14.4 Å².